The molecule has 2 aromatic rings. The van der Waals surface area contributed by atoms with Crippen molar-refractivity contribution in [3.05, 3.63) is 52.0 Å². The van der Waals surface area contributed by atoms with E-state index in [1.165, 1.54) is 6.07 Å². The number of nitrogen functional groups attached to an aromatic ring is 1. The van der Waals surface area contributed by atoms with E-state index in [0.717, 1.165) is 0 Å². The maximum atomic E-state index is 11.7. The molecule has 2 aromatic carbocycles. The van der Waals surface area contributed by atoms with Gasteiger partial charge in [-0.3, -0.25) is 0 Å². The Morgan fingerprint density at radius 1 is 1.19 bits per heavy atom. The summed E-state index contributed by atoms with van der Waals surface area (Å²) in [6, 6.07) is 9.65. The van der Waals surface area contributed by atoms with Gasteiger partial charge in [-0.2, -0.15) is 0 Å². The fourth-order valence-electron chi connectivity index (χ4n) is 1.65. The van der Waals surface area contributed by atoms with Crippen LogP contribution in [0.15, 0.2) is 36.4 Å². The lowest BCUT2D eigenvalue weighted by molar-refractivity contribution is 0.0526. The monoisotopic (exact) mass is 325 g/mol. The molecule has 0 bridgehead atoms. The molecule has 0 amide bonds. The van der Waals surface area contributed by atoms with Crippen LogP contribution in [-0.2, 0) is 4.74 Å². The third-order valence-corrected chi connectivity index (χ3v) is 3.46. The van der Waals surface area contributed by atoms with Crippen molar-refractivity contribution in [1.82, 2.24) is 0 Å². The molecule has 0 spiro atoms. The molecule has 0 unspecified atom stereocenters. The highest BCUT2D eigenvalue weighted by Gasteiger charge is 2.13. The second-order valence-electron chi connectivity index (χ2n) is 4.13. The molecule has 0 aliphatic heterocycles. The summed E-state index contributed by atoms with van der Waals surface area (Å²) in [7, 11) is 0. The van der Waals surface area contributed by atoms with E-state index in [9.17, 15) is 4.79 Å². The van der Waals surface area contributed by atoms with Crippen LogP contribution in [-0.4, -0.2) is 12.6 Å². The van der Waals surface area contributed by atoms with Crippen LogP contribution in [0.4, 0.5) is 5.69 Å². The maximum Gasteiger partial charge on any atom is 0.338 e. The molecule has 0 aliphatic carbocycles. The van der Waals surface area contributed by atoms with Crippen molar-refractivity contribution < 1.29 is 14.3 Å². The van der Waals surface area contributed by atoms with E-state index in [2.05, 4.69) is 0 Å². The lowest BCUT2D eigenvalue weighted by Gasteiger charge is -2.11. The highest BCUT2D eigenvalue weighted by molar-refractivity contribution is 6.42. The quantitative estimate of drug-likeness (QED) is 0.662. The zero-order valence-electron chi connectivity index (χ0n) is 11.2. The molecule has 0 aromatic heterocycles. The molecule has 0 radical (unpaired) electrons. The Morgan fingerprint density at radius 2 is 1.95 bits per heavy atom. The molecule has 0 saturated heterocycles. The van der Waals surface area contributed by atoms with Gasteiger partial charge in [0.05, 0.1) is 22.9 Å². The molecular formula is C15H13Cl2NO3. The average molecular weight is 326 g/mol. The summed E-state index contributed by atoms with van der Waals surface area (Å²) in [5.74, 6) is 0.223. The van der Waals surface area contributed by atoms with Crippen LogP contribution in [0.1, 0.15) is 17.3 Å². The molecule has 4 nitrogen and oxygen atoms in total. The smallest absolute Gasteiger partial charge is 0.338 e. The van der Waals surface area contributed by atoms with E-state index in [1.54, 1.807) is 37.3 Å². The van der Waals surface area contributed by atoms with E-state index in [4.69, 9.17) is 38.4 Å². The van der Waals surface area contributed by atoms with Crippen molar-refractivity contribution in [2.45, 2.75) is 6.92 Å². The van der Waals surface area contributed by atoms with Gasteiger partial charge in [-0.05, 0) is 37.3 Å². The average Bonchev–Trinajstić information content (AvgIpc) is 2.46. The summed E-state index contributed by atoms with van der Waals surface area (Å²) < 4.78 is 10.6. The number of ether oxygens (including phenoxy) is 2. The lowest BCUT2D eigenvalue weighted by atomic mass is 10.2. The number of hydrogen-bond donors (Lipinski definition) is 1. The van der Waals surface area contributed by atoms with Gasteiger partial charge in [0.15, 0.2) is 5.75 Å². The van der Waals surface area contributed by atoms with Gasteiger partial charge in [-0.15, -0.1) is 0 Å². The van der Waals surface area contributed by atoms with Crippen molar-refractivity contribution in [1.29, 1.82) is 0 Å². The number of nitrogens with two attached hydrogens (primary N) is 1. The second-order valence-corrected chi connectivity index (χ2v) is 4.91. The van der Waals surface area contributed by atoms with Crippen LogP contribution in [0.2, 0.25) is 10.0 Å². The molecular weight excluding hydrogens is 313 g/mol. The summed E-state index contributed by atoms with van der Waals surface area (Å²) >= 11 is 12.0. The Hall–Kier alpha value is -1.91. The number of anilines is 1. The van der Waals surface area contributed by atoms with Crippen molar-refractivity contribution in [2.75, 3.05) is 12.3 Å². The normalized spacial score (nSPS) is 10.2. The van der Waals surface area contributed by atoms with Crippen molar-refractivity contribution in [2.24, 2.45) is 0 Å². The van der Waals surface area contributed by atoms with E-state index >= 15 is 0 Å². The lowest BCUT2D eigenvalue weighted by Crippen LogP contribution is -2.05. The topological polar surface area (TPSA) is 61.5 Å². The zero-order chi connectivity index (χ0) is 15.4. The number of halogens is 2. The summed E-state index contributed by atoms with van der Waals surface area (Å²) in [6.07, 6.45) is 0. The molecule has 2 N–H and O–H groups in total. The molecule has 0 fully saturated rings. The van der Waals surface area contributed by atoms with Gasteiger partial charge in [-0.25, -0.2) is 4.79 Å². The van der Waals surface area contributed by atoms with Gasteiger partial charge in [0.2, 0.25) is 0 Å². The van der Waals surface area contributed by atoms with Gasteiger partial charge in [0, 0.05) is 0 Å². The summed E-state index contributed by atoms with van der Waals surface area (Å²) in [6.45, 7) is 2.03. The van der Waals surface area contributed by atoms with Crippen LogP contribution >= 0.6 is 23.2 Å². The van der Waals surface area contributed by atoms with Crippen LogP contribution in [0, 0.1) is 0 Å². The zero-order valence-corrected chi connectivity index (χ0v) is 12.7. The Morgan fingerprint density at radius 3 is 2.67 bits per heavy atom. The van der Waals surface area contributed by atoms with Crippen molar-refractivity contribution >= 4 is 34.9 Å². The second kappa shape index (κ2) is 6.70. The number of hydrogen-bond acceptors (Lipinski definition) is 4. The number of carbonyl (C=O) groups excluding carboxylic acids is 1. The van der Waals surface area contributed by atoms with Crippen molar-refractivity contribution in [3.8, 4) is 11.5 Å². The molecule has 0 heterocycles. The van der Waals surface area contributed by atoms with Gasteiger partial charge >= 0.3 is 5.97 Å². The van der Waals surface area contributed by atoms with Crippen molar-refractivity contribution in [3.63, 3.8) is 0 Å². The third-order valence-electron chi connectivity index (χ3n) is 2.66. The highest BCUT2D eigenvalue weighted by atomic mass is 35.5. The minimum atomic E-state index is -0.445. The first kappa shape index (κ1) is 15.5. The molecule has 2 rings (SSSR count). The van der Waals surface area contributed by atoms with Crippen LogP contribution in [0.25, 0.3) is 0 Å². The number of esters is 1. The van der Waals surface area contributed by atoms with Crippen LogP contribution in [0.3, 0.4) is 0 Å². The predicted octanol–water partition coefficient (Wildman–Crippen LogP) is 4.54. The minimum absolute atomic E-state index is 0.278. The molecule has 0 saturated carbocycles. The first-order chi connectivity index (χ1) is 10.0. The van der Waals surface area contributed by atoms with E-state index in [0.29, 0.717) is 34.4 Å². The first-order valence-electron chi connectivity index (χ1n) is 6.21. The highest BCUT2D eigenvalue weighted by Crippen LogP contribution is 2.36. The summed E-state index contributed by atoms with van der Waals surface area (Å²) in [4.78, 5) is 11.7. The maximum absolute atomic E-state index is 11.7. The third kappa shape index (κ3) is 3.60. The number of carbonyl (C=O) groups is 1. The Balaban J connectivity index is 2.33. The minimum Gasteiger partial charge on any atom is -0.462 e. The van der Waals surface area contributed by atoms with Gasteiger partial charge in [0.25, 0.3) is 0 Å². The SMILES string of the molecule is CCOC(=O)c1ccc(N)c(Oc2cccc(Cl)c2Cl)c1. The molecule has 6 heteroatoms. The summed E-state index contributed by atoms with van der Waals surface area (Å²) in [5, 5.41) is 0.648. The fourth-order valence-corrected chi connectivity index (χ4v) is 1.98. The van der Waals surface area contributed by atoms with E-state index in [1.807, 2.05) is 0 Å². The molecule has 110 valence electrons. The van der Waals surface area contributed by atoms with Gasteiger partial charge in [0.1, 0.15) is 10.8 Å². The van der Waals surface area contributed by atoms with Gasteiger partial charge < -0.3 is 15.2 Å². The molecule has 0 aliphatic rings. The molecule has 0 atom stereocenters. The largest absolute Gasteiger partial charge is 0.462 e. The predicted molar refractivity (Wildman–Crippen MR) is 83.3 cm³/mol. The number of benzene rings is 2. The van der Waals surface area contributed by atoms with Crippen LogP contribution < -0.4 is 10.5 Å². The van der Waals surface area contributed by atoms with Gasteiger partial charge in [-0.1, -0.05) is 29.3 Å². The first-order valence-corrected chi connectivity index (χ1v) is 6.97. The van der Waals surface area contributed by atoms with Crippen LogP contribution in [0.5, 0.6) is 11.5 Å². The summed E-state index contributed by atoms with van der Waals surface area (Å²) in [5.41, 5.74) is 6.57. The Labute approximate surface area is 132 Å². The van der Waals surface area contributed by atoms with E-state index in [-0.39, 0.29) is 5.02 Å². The Bertz CT molecular complexity index is 674. The Kier molecular flexibility index (Phi) is 4.94. The standard InChI is InChI=1S/C15H13Cl2NO3/c1-2-20-15(19)9-6-7-11(18)13(8-9)21-12-5-3-4-10(16)14(12)17/h3-8H,2,18H2,1H3. The fraction of sp³-hybridized carbons (Fsp3) is 0.133. The number of rotatable bonds is 4. The molecule has 21 heavy (non-hydrogen) atoms. The van der Waals surface area contributed by atoms with E-state index < -0.39 is 5.97 Å².